The molecule has 0 saturated heterocycles. The lowest BCUT2D eigenvalue weighted by atomic mass is 10.2. The lowest BCUT2D eigenvalue weighted by molar-refractivity contribution is 0.743. The second kappa shape index (κ2) is 6.25. The Labute approximate surface area is 117 Å². The zero-order valence-electron chi connectivity index (χ0n) is 10.6. The fourth-order valence-corrected chi connectivity index (χ4v) is 2.77. The molecule has 18 heavy (non-hydrogen) atoms. The summed E-state index contributed by atoms with van der Waals surface area (Å²) in [5, 5.41) is 5.94. The number of aromatic nitrogens is 3. The highest BCUT2D eigenvalue weighted by atomic mass is 35.5. The summed E-state index contributed by atoms with van der Waals surface area (Å²) in [6, 6.07) is 7.71. The largest absolute Gasteiger partial charge is 0.248 e. The zero-order chi connectivity index (χ0) is 13.0. The quantitative estimate of drug-likeness (QED) is 0.612. The summed E-state index contributed by atoms with van der Waals surface area (Å²) in [6.07, 6.45) is 2.38. The molecule has 0 aliphatic carbocycles. The number of hydrogen-bond donors (Lipinski definition) is 0. The van der Waals surface area contributed by atoms with Crippen molar-refractivity contribution in [2.45, 2.75) is 24.9 Å². The van der Waals surface area contributed by atoms with Gasteiger partial charge in [0, 0.05) is 18.4 Å². The molecule has 5 heteroatoms. The van der Waals surface area contributed by atoms with Crippen molar-refractivity contribution in [2.24, 2.45) is 7.05 Å². The van der Waals surface area contributed by atoms with Gasteiger partial charge >= 0.3 is 0 Å². The van der Waals surface area contributed by atoms with E-state index in [1.54, 1.807) is 16.4 Å². The summed E-state index contributed by atoms with van der Waals surface area (Å²) >= 11 is 7.87. The highest BCUT2D eigenvalue weighted by Crippen LogP contribution is 2.27. The Bertz CT molecular complexity index is 525. The summed E-state index contributed by atoms with van der Waals surface area (Å²) in [6.45, 7) is 2.18. The third-order valence-electron chi connectivity index (χ3n) is 2.59. The third kappa shape index (κ3) is 3.06. The Hall–Kier alpha value is -1.00. The van der Waals surface area contributed by atoms with Gasteiger partial charge in [-0.2, -0.15) is 0 Å². The van der Waals surface area contributed by atoms with Crippen LogP contribution in [0.3, 0.4) is 0 Å². The van der Waals surface area contributed by atoms with Crippen LogP contribution in [0.25, 0.3) is 11.4 Å². The van der Waals surface area contributed by atoms with Gasteiger partial charge in [-0.05, 0) is 18.6 Å². The minimum atomic E-state index is 0.707. The summed E-state index contributed by atoms with van der Waals surface area (Å²) in [4.78, 5) is 4.54. The van der Waals surface area contributed by atoms with E-state index in [0.717, 1.165) is 22.3 Å². The molecule has 96 valence electrons. The van der Waals surface area contributed by atoms with Gasteiger partial charge in [0.2, 0.25) is 5.16 Å². The second-order valence-corrected chi connectivity index (χ2v) is 5.49. The van der Waals surface area contributed by atoms with E-state index in [-0.39, 0.29) is 0 Å². The normalized spacial score (nSPS) is 10.8. The van der Waals surface area contributed by atoms with Crippen molar-refractivity contribution in [3.05, 3.63) is 29.3 Å². The van der Waals surface area contributed by atoms with E-state index < -0.39 is 0 Å². The number of aryl methyl sites for hydroxylation is 1. The second-order valence-electron chi connectivity index (χ2n) is 4.02. The lowest BCUT2D eigenvalue weighted by Crippen LogP contribution is -1.94. The van der Waals surface area contributed by atoms with Gasteiger partial charge in [0.05, 0.1) is 5.02 Å². The monoisotopic (exact) mass is 281 g/mol. The minimum Gasteiger partial charge on any atom is -0.248 e. The Kier molecular flexibility index (Phi) is 4.66. The zero-order valence-corrected chi connectivity index (χ0v) is 12.1. The van der Waals surface area contributed by atoms with Crippen LogP contribution in [0.4, 0.5) is 0 Å². The van der Waals surface area contributed by atoms with Gasteiger partial charge in [-0.3, -0.25) is 0 Å². The minimum absolute atomic E-state index is 0.707. The predicted molar refractivity (Wildman–Crippen MR) is 77.1 cm³/mol. The topological polar surface area (TPSA) is 30.7 Å². The van der Waals surface area contributed by atoms with Crippen LogP contribution in [0.2, 0.25) is 5.02 Å². The van der Waals surface area contributed by atoms with E-state index in [1.165, 1.54) is 12.8 Å². The molecule has 0 unspecified atom stereocenters. The standard InChI is InChI=1S/C13H16ClN3S/c1-3-4-9-18-13-15-12(17(2)16-13)10-7-5-6-8-11(10)14/h5-8H,3-4,9H2,1-2H3. The Morgan fingerprint density at radius 3 is 2.83 bits per heavy atom. The van der Waals surface area contributed by atoms with Crippen molar-refractivity contribution < 1.29 is 0 Å². The van der Waals surface area contributed by atoms with Crippen LogP contribution in [0.1, 0.15) is 19.8 Å². The van der Waals surface area contributed by atoms with Gasteiger partial charge in [-0.25, -0.2) is 9.67 Å². The first-order valence-electron chi connectivity index (χ1n) is 6.01. The maximum atomic E-state index is 6.18. The molecule has 0 atom stereocenters. The average Bonchev–Trinajstić information content (AvgIpc) is 2.71. The van der Waals surface area contributed by atoms with E-state index in [9.17, 15) is 0 Å². The van der Waals surface area contributed by atoms with Crippen LogP contribution in [-0.2, 0) is 7.05 Å². The molecule has 0 radical (unpaired) electrons. The molecule has 2 rings (SSSR count). The van der Waals surface area contributed by atoms with E-state index in [1.807, 2.05) is 31.3 Å². The Balaban J connectivity index is 2.22. The van der Waals surface area contributed by atoms with Crippen molar-refractivity contribution in [1.82, 2.24) is 14.8 Å². The maximum absolute atomic E-state index is 6.18. The van der Waals surface area contributed by atoms with E-state index in [0.29, 0.717) is 5.02 Å². The van der Waals surface area contributed by atoms with Crippen LogP contribution in [0, 0.1) is 0 Å². The van der Waals surface area contributed by atoms with Gasteiger partial charge in [-0.1, -0.05) is 48.8 Å². The van der Waals surface area contributed by atoms with E-state index in [2.05, 4.69) is 17.0 Å². The van der Waals surface area contributed by atoms with Crippen molar-refractivity contribution in [3.63, 3.8) is 0 Å². The first-order valence-corrected chi connectivity index (χ1v) is 7.37. The Morgan fingerprint density at radius 1 is 1.33 bits per heavy atom. The molecular formula is C13H16ClN3S. The third-order valence-corrected chi connectivity index (χ3v) is 3.84. The van der Waals surface area contributed by atoms with Gasteiger partial charge in [0.1, 0.15) is 0 Å². The fourth-order valence-electron chi connectivity index (χ4n) is 1.61. The molecule has 0 saturated carbocycles. The number of benzene rings is 1. The number of rotatable bonds is 5. The van der Waals surface area contributed by atoms with Crippen LogP contribution in [0.15, 0.2) is 29.4 Å². The molecule has 1 aromatic heterocycles. The lowest BCUT2D eigenvalue weighted by Gasteiger charge is -2.01. The predicted octanol–water partition coefficient (Wildman–Crippen LogP) is 4.03. The summed E-state index contributed by atoms with van der Waals surface area (Å²) in [5.41, 5.74) is 0.927. The summed E-state index contributed by atoms with van der Waals surface area (Å²) < 4.78 is 1.79. The summed E-state index contributed by atoms with van der Waals surface area (Å²) in [7, 11) is 1.90. The number of thioether (sulfide) groups is 1. The highest BCUT2D eigenvalue weighted by Gasteiger charge is 2.12. The van der Waals surface area contributed by atoms with E-state index >= 15 is 0 Å². The summed E-state index contributed by atoms with van der Waals surface area (Å²) in [5.74, 6) is 1.88. The van der Waals surface area contributed by atoms with Crippen LogP contribution >= 0.6 is 23.4 Å². The van der Waals surface area contributed by atoms with Gasteiger partial charge in [0.15, 0.2) is 5.82 Å². The average molecular weight is 282 g/mol. The molecule has 1 aromatic carbocycles. The number of nitrogens with zero attached hydrogens (tertiary/aromatic N) is 3. The van der Waals surface area contributed by atoms with Gasteiger partial charge < -0.3 is 0 Å². The van der Waals surface area contributed by atoms with Crippen LogP contribution in [0.5, 0.6) is 0 Å². The van der Waals surface area contributed by atoms with E-state index in [4.69, 9.17) is 11.6 Å². The van der Waals surface area contributed by atoms with Crippen molar-refractivity contribution in [3.8, 4) is 11.4 Å². The van der Waals surface area contributed by atoms with Crippen molar-refractivity contribution in [2.75, 3.05) is 5.75 Å². The SMILES string of the molecule is CCCCSc1nc(-c2ccccc2Cl)n(C)n1. The molecule has 0 fully saturated rings. The highest BCUT2D eigenvalue weighted by molar-refractivity contribution is 7.99. The molecule has 0 N–H and O–H groups in total. The molecule has 0 aliphatic rings. The maximum Gasteiger partial charge on any atom is 0.208 e. The first-order chi connectivity index (χ1) is 8.72. The van der Waals surface area contributed by atoms with Crippen LogP contribution in [-0.4, -0.2) is 20.5 Å². The first kappa shape index (κ1) is 13.4. The number of halogens is 1. The number of unbranched alkanes of at least 4 members (excludes halogenated alkanes) is 1. The molecule has 0 amide bonds. The van der Waals surface area contributed by atoms with Gasteiger partial charge in [0.25, 0.3) is 0 Å². The molecule has 0 bridgehead atoms. The smallest absolute Gasteiger partial charge is 0.208 e. The number of hydrogen-bond acceptors (Lipinski definition) is 3. The molecule has 0 spiro atoms. The molecule has 3 nitrogen and oxygen atoms in total. The molecule has 1 heterocycles. The molecule has 0 aliphatic heterocycles. The fraction of sp³-hybridized carbons (Fsp3) is 0.385. The van der Waals surface area contributed by atoms with Crippen LogP contribution < -0.4 is 0 Å². The van der Waals surface area contributed by atoms with Crippen molar-refractivity contribution >= 4 is 23.4 Å². The molecule has 2 aromatic rings. The van der Waals surface area contributed by atoms with Crippen molar-refractivity contribution in [1.29, 1.82) is 0 Å². The molecular weight excluding hydrogens is 266 g/mol. The Morgan fingerprint density at radius 2 is 2.11 bits per heavy atom. The van der Waals surface area contributed by atoms with Gasteiger partial charge in [-0.15, -0.1) is 5.10 Å².